The molecule has 1 spiro atoms. The van der Waals surface area contributed by atoms with Gasteiger partial charge in [-0.05, 0) is 54.8 Å². The molecule has 2 aliphatic rings. The summed E-state index contributed by atoms with van der Waals surface area (Å²) in [6.07, 6.45) is 1.87. The van der Waals surface area contributed by atoms with Crippen LogP contribution in [0.3, 0.4) is 0 Å². The summed E-state index contributed by atoms with van der Waals surface area (Å²) >= 11 is 0. The van der Waals surface area contributed by atoms with Crippen LogP contribution in [0.4, 0.5) is 14.9 Å². The molecule has 1 aromatic heterocycles. The van der Waals surface area contributed by atoms with Gasteiger partial charge in [0.25, 0.3) is 0 Å². The number of ether oxygens (including phenoxy) is 1. The lowest BCUT2D eigenvalue weighted by atomic mass is 9.68. The molecule has 2 aromatic carbocycles. The third kappa shape index (κ3) is 4.21. The number of amides is 3. The highest BCUT2D eigenvalue weighted by Crippen LogP contribution is 2.50. The van der Waals surface area contributed by atoms with E-state index in [-0.39, 0.29) is 29.8 Å². The molecule has 0 radical (unpaired) electrons. The highest BCUT2D eigenvalue weighted by Gasteiger charge is 2.49. The highest BCUT2D eigenvalue weighted by atomic mass is 19.1. The lowest BCUT2D eigenvalue weighted by Crippen LogP contribution is -2.56. The van der Waals surface area contributed by atoms with E-state index >= 15 is 0 Å². The minimum Gasteiger partial charge on any atom is -0.497 e. The Bertz CT molecular complexity index is 1330. The molecular formula is C28H33FN4O4. The number of urea groups is 1. The zero-order valence-corrected chi connectivity index (χ0v) is 21.5. The number of aliphatic hydroxyl groups is 1. The Balaban J connectivity index is 1.61. The van der Waals surface area contributed by atoms with Crippen molar-refractivity contribution >= 4 is 28.5 Å². The Morgan fingerprint density at radius 3 is 2.49 bits per heavy atom. The smallest absolute Gasteiger partial charge is 0.322 e. The SMILES string of the molecule is CCC(=O)N1CCC2(CC1)CN(C(=O)Nc1ccc(F)cc1)[C@@H](CO)c1c2c2ccc(OC)cc2n1C. The van der Waals surface area contributed by atoms with E-state index in [1.165, 1.54) is 24.3 Å². The quantitative estimate of drug-likeness (QED) is 0.554. The number of piperidine rings is 1. The first-order valence-electron chi connectivity index (χ1n) is 12.7. The highest BCUT2D eigenvalue weighted by molar-refractivity contribution is 5.92. The van der Waals surface area contributed by atoms with E-state index in [1.807, 2.05) is 31.0 Å². The third-order valence-corrected chi connectivity index (χ3v) is 8.05. The van der Waals surface area contributed by atoms with Crippen molar-refractivity contribution < 1.29 is 23.8 Å². The standard InChI is InChI=1S/C28H33FN4O4/c1-4-24(35)32-13-11-28(12-14-32)17-33(27(36)30-19-7-5-18(29)6-8-19)23(16-34)26-25(28)21-10-9-20(37-3)15-22(21)31(26)2/h5-10,15,23,34H,4,11-14,16-17H2,1-3H3,(H,30,36)/t23-/m0/s1. The van der Waals surface area contributed by atoms with Gasteiger partial charge in [0, 0.05) is 61.4 Å². The van der Waals surface area contributed by atoms with Gasteiger partial charge in [0.15, 0.2) is 0 Å². The fourth-order valence-electron chi connectivity index (χ4n) is 6.12. The fourth-order valence-corrected chi connectivity index (χ4v) is 6.12. The maximum atomic E-state index is 13.6. The summed E-state index contributed by atoms with van der Waals surface area (Å²) in [7, 11) is 3.58. The summed E-state index contributed by atoms with van der Waals surface area (Å²) in [5.74, 6) is 0.481. The molecule has 37 heavy (non-hydrogen) atoms. The van der Waals surface area contributed by atoms with Crippen molar-refractivity contribution in [2.45, 2.75) is 37.6 Å². The normalized spacial score (nSPS) is 18.7. The Kier molecular flexibility index (Phi) is 6.58. The fraction of sp³-hybridized carbons (Fsp3) is 0.429. The van der Waals surface area contributed by atoms with Crippen molar-refractivity contribution in [3.8, 4) is 5.75 Å². The number of aliphatic hydroxyl groups excluding tert-OH is 1. The number of hydrogen-bond donors (Lipinski definition) is 2. The molecule has 1 saturated heterocycles. The zero-order valence-electron chi connectivity index (χ0n) is 21.5. The first-order chi connectivity index (χ1) is 17.8. The van der Waals surface area contributed by atoms with E-state index in [1.54, 1.807) is 12.0 Å². The van der Waals surface area contributed by atoms with Crippen LogP contribution in [0.2, 0.25) is 0 Å². The van der Waals surface area contributed by atoms with Gasteiger partial charge in [0.2, 0.25) is 5.91 Å². The molecular weight excluding hydrogens is 475 g/mol. The van der Waals surface area contributed by atoms with Gasteiger partial charge < -0.3 is 29.5 Å². The predicted octanol–water partition coefficient (Wildman–Crippen LogP) is 4.18. The number of methoxy groups -OCH3 is 1. The number of aromatic nitrogens is 1. The molecule has 2 aliphatic heterocycles. The van der Waals surface area contributed by atoms with Gasteiger partial charge in [-0.15, -0.1) is 0 Å². The molecule has 0 saturated carbocycles. The Morgan fingerprint density at radius 2 is 1.86 bits per heavy atom. The molecule has 8 nitrogen and oxygen atoms in total. The number of carbonyl (C=O) groups is 2. The number of nitrogens with one attached hydrogen (secondary N) is 1. The van der Waals surface area contributed by atoms with Gasteiger partial charge in [-0.25, -0.2) is 9.18 Å². The number of likely N-dealkylation sites (tertiary alicyclic amines) is 1. The van der Waals surface area contributed by atoms with E-state index in [4.69, 9.17) is 4.74 Å². The van der Waals surface area contributed by atoms with Crippen LogP contribution >= 0.6 is 0 Å². The van der Waals surface area contributed by atoms with Gasteiger partial charge in [0.05, 0.1) is 25.3 Å². The number of rotatable bonds is 4. The second-order valence-electron chi connectivity index (χ2n) is 9.98. The van der Waals surface area contributed by atoms with Gasteiger partial charge in [0.1, 0.15) is 11.6 Å². The number of aryl methyl sites for hydroxylation is 1. The number of halogens is 1. The predicted molar refractivity (Wildman–Crippen MR) is 139 cm³/mol. The molecule has 2 N–H and O–H groups in total. The van der Waals surface area contributed by atoms with E-state index in [0.717, 1.165) is 27.9 Å². The van der Waals surface area contributed by atoms with Gasteiger partial charge in [-0.3, -0.25) is 4.79 Å². The molecule has 9 heteroatoms. The second-order valence-corrected chi connectivity index (χ2v) is 9.98. The summed E-state index contributed by atoms with van der Waals surface area (Å²) in [5, 5.41) is 14.5. The molecule has 0 unspecified atom stereocenters. The van der Waals surface area contributed by atoms with Crippen molar-refractivity contribution in [3.63, 3.8) is 0 Å². The van der Waals surface area contributed by atoms with Crippen LogP contribution in [0.1, 0.15) is 43.5 Å². The molecule has 1 fully saturated rings. The third-order valence-electron chi connectivity index (χ3n) is 8.05. The average Bonchev–Trinajstić information content (AvgIpc) is 3.22. The molecule has 1 atom stereocenters. The van der Waals surface area contributed by atoms with E-state index in [2.05, 4.69) is 16.0 Å². The number of hydrogen-bond acceptors (Lipinski definition) is 4. The summed E-state index contributed by atoms with van der Waals surface area (Å²) in [4.78, 5) is 29.7. The van der Waals surface area contributed by atoms with Gasteiger partial charge in [-0.2, -0.15) is 0 Å². The van der Waals surface area contributed by atoms with Crippen molar-refractivity contribution in [1.82, 2.24) is 14.4 Å². The molecule has 3 amide bonds. The van der Waals surface area contributed by atoms with Crippen LogP contribution in [-0.4, -0.2) is 64.8 Å². The maximum absolute atomic E-state index is 13.6. The Labute approximate surface area is 215 Å². The molecule has 196 valence electrons. The monoisotopic (exact) mass is 508 g/mol. The number of anilines is 1. The minimum atomic E-state index is -0.570. The van der Waals surface area contributed by atoms with Crippen LogP contribution in [0.15, 0.2) is 42.5 Å². The Morgan fingerprint density at radius 1 is 1.16 bits per heavy atom. The Hall–Kier alpha value is -3.59. The number of nitrogens with zero attached hydrogens (tertiary/aromatic N) is 3. The zero-order chi connectivity index (χ0) is 26.3. The van der Waals surface area contributed by atoms with Crippen molar-refractivity contribution in [3.05, 3.63) is 59.5 Å². The summed E-state index contributed by atoms with van der Waals surface area (Å²) in [6, 6.07) is 10.7. The van der Waals surface area contributed by atoms with Crippen molar-refractivity contribution in [2.24, 2.45) is 7.05 Å². The van der Waals surface area contributed by atoms with Crippen LogP contribution in [0.5, 0.6) is 5.75 Å². The molecule has 3 aromatic rings. The van der Waals surface area contributed by atoms with Gasteiger partial charge >= 0.3 is 6.03 Å². The van der Waals surface area contributed by atoms with Crippen LogP contribution < -0.4 is 10.1 Å². The largest absolute Gasteiger partial charge is 0.497 e. The van der Waals surface area contributed by atoms with E-state index in [0.29, 0.717) is 44.6 Å². The molecule has 5 rings (SSSR count). The van der Waals surface area contributed by atoms with Crippen LogP contribution in [0.25, 0.3) is 10.9 Å². The summed E-state index contributed by atoms with van der Waals surface area (Å²) in [5.41, 5.74) is 3.09. The topological polar surface area (TPSA) is 87.0 Å². The van der Waals surface area contributed by atoms with E-state index in [9.17, 15) is 19.1 Å². The second kappa shape index (κ2) is 9.70. The first kappa shape index (κ1) is 25.1. The van der Waals surface area contributed by atoms with Gasteiger partial charge in [-0.1, -0.05) is 6.92 Å². The minimum absolute atomic E-state index is 0.132. The molecule has 3 heterocycles. The lowest BCUT2D eigenvalue weighted by Gasteiger charge is -2.50. The number of fused-ring (bicyclic) bond motifs is 4. The van der Waals surface area contributed by atoms with Crippen molar-refractivity contribution in [2.75, 3.05) is 38.7 Å². The average molecular weight is 509 g/mol. The lowest BCUT2D eigenvalue weighted by molar-refractivity contribution is -0.132. The maximum Gasteiger partial charge on any atom is 0.322 e. The first-order valence-corrected chi connectivity index (χ1v) is 12.7. The number of benzene rings is 2. The van der Waals surface area contributed by atoms with Crippen LogP contribution in [0, 0.1) is 5.82 Å². The summed E-state index contributed by atoms with van der Waals surface area (Å²) in [6.45, 7) is 3.24. The number of carbonyl (C=O) groups excluding carboxylic acids is 2. The van der Waals surface area contributed by atoms with E-state index < -0.39 is 6.04 Å². The molecule has 0 bridgehead atoms. The summed E-state index contributed by atoms with van der Waals surface area (Å²) < 4.78 is 20.9. The molecule has 0 aliphatic carbocycles. The van der Waals surface area contributed by atoms with Crippen LogP contribution in [-0.2, 0) is 17.3 Å². The van der Waals surface area contributed by atoms with Crippen molar-refractivity contribution in [1.29, 1.82) is 0 Å².